The molecule has 1 heterocycles. The van der Waals surface area contributed by atoms with Gasteiger partial charge in [-0.25, -0.2) is 9.97 Å². The van der Waals surface area contributed by atoms with Crippen LogP contribution in [0.4, 0.5) is 11.6 Å². The average molecular weight is 316 g/mol. The molecule has 0 aliphatic heterocycles. The first-order chi connectivity index (χ1) is 9.36. The van der Waals surface area contributed by atoms with Gasteiger partial charge in [-0.05, 0) is 12.2 Å². The number of halogens is 1. The number of aromatic nitrogens is 2. The van der Waals surface area contributed by atoms with E-state index in [1.165, 1.54) is 7.05 Å². The van der Waals surface area contributed by atoms with E-state index in [0.29, 0.717) is 6.54 Å². The van der Waals surface area contributed by atoms with Gasteiger partial charge in [0.1, 0.15) is 0 Å². The molecule has 0 aliphatic rings. The van der Waals surface area contributed by atoms with Crippen molar-refractivity contribution in [3.63, 3.8) is 0 Å². The molecule has 1 rings (SSSR count). The molecule has 0 radical (unpaired) electrons. The molecule has 0 saturated carbocycles. The molecule has 20 heavy (non-hydrogen) atoms. The van der Waals surface area contributed by atoms with Gasteiger partial charge in [0.05, 0.1) is 0 Å². The van der Waals surface area contributed by atoms with E-state index in [1.807, 2.05) is 0 Å². The summed E-state index contributed by atoms with van der Waals surface area (Å²) in [5.74, 6) is -0.713. The van der Waals surface area contributed by atoms with Crippen LogP contribution in [0.25, 0.3) is 0 Å². The molecule has 8 nitrogen and oxygen atoms in total. The van der Waals surface area contributed by atoms with Gasteiger partial charge in [0, 0.05) is 13.6 Å². The van der Waals surface area contributed by atoms with Gasteiger partial charge in [0.2, 0.25) is 0 Å². The topological polar surface area (TPSA) is 122 Å². The number of hydrogen-bond acceptors (Lipinski definition) is 6. The summed E-state index contributed by atoms with van der Waals surface area (Å²) < 4.78 is 0. The Morgan fingerprint density at radius 2 is 2.15 bits per heavy atom. The molecular formula is C10H14ClN7OS. The van der Waals surface area contributed by atoms with Gasteiger partial charge in [0.15, 0.2) is 27.6 Å². The van der Waals surface area contributed by atoms with Crippen LogP contribution in [0.15, 0.2) is 12.7 Å². The molecule has 1 aromatic rings. The quantitative estimate of drug-likeness (QED) is 0.347. The SMILES string of the molecule is C=CCNC(=S)NN(C)C(=O)c1nc(Cl)c(N)nc1N. The third-order valence-corrected chi connectivity index (χ3v) is 2.60. The predicted octanol–water partition coefficient (Wildman–Crippen LogP) is -0.0685. The maximum Gasteiger partial charge on any atom is 0.294 e. The van der Waals surface area contributed by atoms with Crippen LogP contribution in [0.3, 0.4) is 0 Å². The fraction of sp³-hybridized carbons (Fsp3) is 0.200. The summed E-state index contributed by atoms with van der Waals surface area (Å²) in [5, 5.41) is 4.05. The molecule has 0 bridgehead atoms. The number of nitrogens with two attached hydrogens (primary N) is 2. The van der Waals surface area contributed by atoms with Gasteiger partial charge in [0.25, 0.3) is 5.91 Å². The van der Waals surface area contributed by atoms with Crippen LogP contribution < -0.4 is 22.2 Å². The van der Waals surface area contributed by atoms with Crippen LogP contribution in [0.1, 0.15) is 10.5 Å². The minimum atomic E-state index is -0.556. The van der Waals surface area contributed by atoms with E-state index in [9.17, 15) is 4.79 Å². The summed E-state index contributed by atoms with van der Waals surface area (Å²) in [5.41, 5.74) is 13.5. The third kappa shape index (κ3) is 3.93. The van der Waals surface area contributed by atoms with Gasteiger partial charge < -0.3 is 16.8 Å². The van der Waals surface area contributed by atoms with Crippen molar-refractivity contribution in [2.75, 3.05) is 25.1 Å². The Kier molecular flexibility index (Phi) is 5.47. The maximum atomic E-state index is 12.1. The largest absolute Gasteiger partial charge is 0.382 e. The van der Waals surface area contributed by atoms with E-state index in [0.717, 1.165) is 5.01 Å². The summed E-state index contributed by atoms with van der Waals surface area (Å²) in [6.07, 6.45) is 1.62. The molecule has 6 N–H and O–H groups in total. The van der Waals surface area contributed by atoms with E-state index >= 15 is 0 Å². The highest BCUT2D eigenvalue weighted by Crippen LogP contribution is 2.17. The molecule has 0 saturated heterocycles. The van der Waals surface area contributed by atoms with Crippen LogP contribution >= 0.6 is 23.8 Å². The molecule has 1 aromatic heterocycles. The van der Waals surface area contributed by atoms with E-state index in [-0.39, 0.29) is 27.6 Å². The normalized spacial score (nSPS) is 9.70. The van der Waals surface area contributed by atoms with Crippen molar-refractivity contribution < 1.29 is 4.79 Å². The Hall–Kier alpha value is -2.13. The van der Waals surface area contributed by atoms with Gasteiger partial charge >= 0.3 is 0 Å². The van der Waals surface area contributed by atoms with Gasteiger partial charge in [-0.3, -0.25) is 15.2 Å². The number of carbonyl (C=O) groups is 1. The third-order valence-electron chi connectivity index (χ3n) is 2.09. The monoisotopic (exact) mass is 315 g/mol. The molecule has 1 amide bonds. The van der Waals surface area contributed by atoms with Crippen LogP contribution in [0.5, 0.6) is 0 Å². The van der Waals surface area contributed by atoms with Crippen molar-refractivity contribution in [1.82, 2.24) is 25.7 Å². The van der Waals surface area contributed by atoms with Gasteiger partial charge in [-0.2, -0.15) is 0 Å². The summed E-state index contributed by atoms with van der Waals surface area (Å²) in [6, 6.07) is 0. The lowest BCUT2D eigenvalue weighted by Crippen LogP contribution is -2.48. The maximum absolute atomic E-state index is 12.1. The van der Waals surface area contributed by atoms with Crippen LogP contribution in [-0.4, -0.2) is 39.6 Å². The van der Waals surface area contributed by atoms with Crippen molar-refractivity contribution in [1.29, 1.82) is 0 Å². The summed E-state index contributed by atoms with van der Waals surface area (Å²) in [4.78, 5) is 19.6. The lowest BCUT2D eigenvalue weighted by atomic mass is 10.4. The van der Waals surface area contributed by atoms with E-state index < -0.39 is 5.91 Å². The average Bonchev–Trinajstić information content (AvgIpc) is 2.39. The highest BCUT2D eigenvalue weighted by molar-refractivity contribution is 7.80. The Labute approximate surface area is 126 Å². The zero-order valence-corrected chi connectivity index (χ0v) is 12.3. The number of amides is 1. The standard InChI is InChI=1S/C10H14ClN7OS/c1-3-4-14-10(20)17-18(2)9(19)5-7(12)16-8(13)6(11)15-5/h3H,1,4H2,2H3,(H4,12,13,16)(H2,14,17,20). The second-order valence-electron chi connectivity index (χ2n) is 3.61. The van der Waals surface area contributed by atoms with E-state index in [1.54, 1.807) is 6.08 Å². The fourth-order valence-corrected chi connectivity index (χ4v) is 1.51. The lowest BCUT2D eigenvalue weighted by molar-refractivity contribution is 0.0753. The first-order valence-electron chi connectivity index (χ1n) is 5.38. The zero-order valence-electron chi connectivity index (χ0n) is 10.7. The van der Waals surface area contributed by atoms with Crippen molar-refractivity contribution in [3.8, 4) is 0 Å². The molecule has 10 heteroatoms. The van der Waals surface area contributed by atoms with Gasteiger partial charge in [-0.15, -0.1) is 6.58 Å². The molecule has 0 aliphatic carbocycles. The number of nitrogen functional groups attached to an aromatic ring is 2. The number of thiocarbonyl (C=S) groups is 1. The van der Waals surface area contributed by atoms with Crippen molar-refractivity contribution in [2.24, 2.45) is 0 Å². The highest BCUT2D eigenvalue weighted by atomic mass is 35.5. The number of nitrogens with zero attached hydrogens (tertiary/aromatic N) is 3. The number of anilines is 2. The van der Waals surface area contributed by atoms with Crippen LogP contribution in [-0.2, 0) is 0 Å². The molecule has 108 valence electrons. The Bertz CT molecular complexity index is 551. The first-order valence-corrected chi connectivity index (χ1v) is 6.17. The molecule has 0 unspecified atom stereocenters. The smallest absolute Gasteiger partial charge is 0.294 e. The first kappa shape index (κ1) is 15.9. The highest BCUT2D eigenvalue weighted by Gasteiger charge is 2.20. The Morgan fingerprint density at radius 1 is 1.50 bits per heavy atom. The number of nitrogens with one attached hydrogen (secondary N) is 2. The van der Waals surface area contributed by atoms with Gasteiger partial charge in [-0.1, -0.05) is 17.7 Å². The summed E-state index contributed by atoms with van der Waals surface area (Å²) in [7, 11) is 1.45. The number of hydrazine groups is 1. The lowest BCUT2D eigenvalue weighted by Gasteiger charge is -2.20. The Balaban J connectivity index is 2.81. The van der Waals surface area contributed by atoms with Crippen LogP contribution in [0.2, 0.25) is 5.15 Å². The molecule has 0 atom stereocenters. The molecular weight excluding hydrogens is 302 g/mol. The second kappa shape index (κ2) is 6.87. The summed E-state index contributed by atoms with van der Waals surface area (Å²) >= 11 is 10.7. The second-order valence-corrected chi connectivity index (χ2v) is 4.37. The Morgan fingerprint density at radius 3 is 2.75 bits per heavy atom. The molecule has 0 fully saturated rings. The van der Waals surface area contributed by atoms with Crippen molar-refractivity contribution >= 4 is 46.5 Å². The minimum Gasteiger partial charge on any atom is -0.382 e. The molecule has 0 aromatic carbocycles. The van der Waals surface area contributed by atoms with E-state index in [2.05, 4.69) is 27.3 Å². The van der Waals surface area contributed by atoms with Crippen molar-refractivity contribution in [2.45, 2.75) is 0 Å². The number of carbonyl (C=O) groups excluding carboxylic acids is 1. The number of hydrogen-bond donors (Lipinski definition) is 4. The minimum absolute atomic E-state index is 0.0421. The fourth-order valence-electron chi connectivity index (χ4n) is 1.17. The zero-order chi connectivity index (χ0) is 15.3. The summed E-state index contributed by atoms with van der Waals surface area (Å²) in [6.45, 7) is 3.99. The van der Waals surface area contributed by atoms with Crippen molar-refractivity contribution in [3.05, 3.63) is 23.5 Å². The van der Waals surface area contributed by atoms with E-state index in [4.69, 9.17) is 35.3 Å². The predicted molar refractivity (Wildman–Crippen MR) is 81.9 cm³/mol. The van der Waals surface area contributed by atoms with Crippen LogP contribution in [0, 0.1) is 0 Å². The number of rotatable bonds is 3. The molecule has 0 spiro atoms.